The van der Waals surface area contributed by atoms with Gasteiger partial charge >= 0.3 is 0 Å². The highest BCUT2D eigenvalue weighted by Gasteiger charge is 2.38. The van der Waals surface area contributed by atoms with Gasteiger partial charge < -0.3 is 5.11 Å². The monoisotopic (exact) mass is 191 g/mol. The number of nitrogens with zero attached hydrogens (tertiary/aromatic N) is 1. The summed E-state index contributed by atoms with van der Waals surface area (Å²) in [5.41, 5.74) is 1.44. The predicted molar refractivity (Wildman–Crippen MR) is 55.9 cm³/mol. The van der Waals surface area contributed by atoms with Crippen molar-refractivity contribution in [1.29, 1.82) is 0 Å². The highest BCUT2D eigenvalue weighted by Crippen LogP contribution is 2.42. The van der Waals surface area contributed by atoms with Gasteiger partial charge in [0, 0.05) is 18.0 Å². The van der Waals surface area contributed by atoms with E-state index in [1.165, 1.54) is 6.42 Å². The molecule has 1 saturated carbocycles. The van der Waals surface area contributed by atoms with E-state index in [4.69, 9.17) is 0 Å². The van der Waals surface area contributed by atoms with Gasteiger partial charge in [-0.25, -0.2) is 0 Å². The second-order valence-electron chi connectivity index (χ2n) is 4.47. The Hall–Kier alpha value is -0.890. The average Bonchev–Trinajstić information content (AvgIpc) is 2.00. The molecule has 2 nitrogen and oxygen atoms in total. The van der Waals surface area contributed by atoms with E-state index in [0.717, 1.165) is 24.0 Å². The average molecular weight is 191 g/mol. The Bertz CT molecular complexity index is 329. The molecule has 1 aromatic heterocycles. The van der Waals surface area contributed by atoms with E-state index in [9.17, 15) is 5.11 Å². The molecule has 2 rings (SSSR count). The topological polar surface area (TPSA) is 33.1 Å². The third-order valence-corrected chi connectivity index (χ3v) is 3.48. The predicted octanol–water partition coefficient (Wildman–Crippen LogP) is 2.40. The third-order valence-electron chi connectivity index (χ3n) is 3.48. The second kappa shape index (κ2) is 3.35. The van der Waals surface area contributed by atoms with Crippen molar-refractivity contribution >= 4 is 0 Å². The molecule has 1 aliphatic rings. The van der Waals surface area contributed by atoms with E-state index in [-0.39, 0.29) is 0 Å². The van der Waals surface area contributed by atoms with E-state index in [1.807, 2.05) is 19.9 Å². The quantitative estimate of drug-likeness (QED) is 0.778. The summed E-state index contributed by atoms with van der Waals surface area (Å²) in [6.07, 6.45) is 7.10. The first-order valence-corrected chi connectivity index (χ1v) is 5.26. The summed E-state index contributed by atoms with van der Waals surface area (Å²) in [5.74, 6) is 0.422. The first-order valence-electron chi connectivity index (χ1n) is 5.26. The molecule has 76 valence electrons. The second-order valence-corrected chi connectivity index (χ2v) is 4.47. The number of pyridine rings is 1. The van der Waals surface area contributed by atoms with Gasteiger partial charge in [-0.2, -0.15) is 0 Å². The van der Waals surface area contributed by atoms with Crippen LogP contribution in [0.25, 0.3) is 0 Å². The van der Waals surface area contributed by atoms with Crippen LogP contribution in [0.1, 0.15) is 37.3 Å². The molecule has 0 spiro atoms. The van der Waals surface area contributed by atoms with Crippen molar-refractivity contribution < 1.29 is 5.11 Å². The van der Waals surface area contributed by atoms with Crippen molar-refractivity contribution in [2.75, 3.05) is 0 Å². The Labute approximate surface area is 85.0 Å². The standard InChI is InChI=1S/C12H17NO/c1-9-6-7-13-8-11(9)12(2,14)10-4-3-5-10/h6-8,10,14H,3-5H2,1-2H3. The number of hydrogen-bond donors (Lipinski definition) is 1. The summed E-state index contributed by atoms with van der Waals surface area (Å²) in [5, 5.41) is 10.4. The smallest absolute Gasteiger partial charge is 0.0913 e. The van der Waals surface area contributed by atoms with E-state index >= 15 is 0 Å². The Morgan fingerprint density at radius 2 is 2.21 bits per heavy atom. The summed E-state index contributed by atoms with van der Waals surface area (Å²) in [7, 11) is 0. The number of hydrogen-bond acceptors (Lipinski definition) is 2. The van der Waals surface area contributed by atoms with Crippen LogP contribution < -0.4 is 0 Å². The van der Waals surface area contributed by atoms with Gasteiger partial charge in [-0.3, -0.25) is 4.98 Å². The molecule has 1 aromatic rings. The molecular weight excluding hydrogens is 174 g/mol. The SMILES string of the molecule is Cc1ccncc1C(C)(O)C1CCC1. The maximum Gasteiger partial charge on any atom is 0.0913 e. The minimum Gasteiger partial charge on any atom is -0.385 e. The number of aromatic nitrogens is 1. The largest absolute Gasteiger partial charge is 0.385 e. The highest BCUT2D eigenvalue weighted by atomic mass is 16.3. The number of rotatable bonds is 2. The van der Waals surface area contributed by atoms with Crippen LogP contribution in [0.2, 0.25) is 0 Å². The van der Waals surface area contributed by atoms with Gasteiger partial charge in [-0.1, -0.05) is 6.42 Å². The molecule has 0 aromatic carbocycles. The minimum atomic E-state index is -0.684. The van der Waals surface area contributed by atoms with Crippen molar-refractivity contribution in [3.63, 3.8) is 0 Å². The normalized spacial score (nSPS) is 21.4. The molecule has 1 atom stereocenters. The molecule has 2 heteroatoms. The van der Waals surface area contributed by atoms with Crippen molar-refractivity contribution in [2.24, 2.45) is 5.92 Å². The Morgan fingerprint density at radius 3 is 2.71 bits per heavy atom. The Morgan fingerprint density at radius 1 is 1.50 bits per heavy atom. The summed E-state index contributed by atoms with van der Waals surface area (Å²) in [6, 6.07) is 1.96. The van der Waals surface area contributed by atoms with E-state index in [1.54, 1.807) is 12.4 Å². The molecule has 0 radical (unpaired) electrons. The van der Waals surface area contributed by atoms with E-state index in [2.05, 4.69) is 4.98 Å². The van der Waals surface area contributed by atoms with Crippen molar-refractivity contribution in [1.82, 2.24) is 4.98 Å². The lowest BCUT2D eigenvalue weighted by Crippen LogP contribution is -2.36. The lowest BCUT2D eigenvalue weighted by atomic mass is 9.70. The summed E-state index contributed by atoms with van der Waals surface area (Å²) in [4.78, 5) is 4.09. The maximum absolute atomic E-state index is 10.4. The van der Waals surface area contributed by atoms with Gasteiger partial charge in [0.25, 0.3) is 0 Å². The van der Waals surface area contributed by atoms with Crippen LogP contribution >= 0.6 is 0 Å². The molecule has 0 bridgehead atoms. The van der Waals surface area contributed by atoms with Gasteiger partial charge in [0.2, 0.25) is 0 Å². The fourth-order valence-electron chi connectivity index (χ4n) is 2.18. The molecule has 0 aliphatic heterocycles. The fraction of sp³-hybridized carbons (Fsp3) is 0.583. The van der Waals surface area contributed by atoms with Crippen LogP contribution in [-0.2, 0) is 5.60 Å². The zero-order chi connectivity index (χ0) is 10.2. The molecule has 1 N–H and O–H groups in total. The van der Waals surface area contributed by atoms with Crippen LogP contribution in [0.15, 0.2) is 18.5 Å². The molecule has 1 heterocycles. The van der Waals surface area contributed by atoms with Gasteiger partial charge in [-0.15, -0.1) is 0 Å². The first-order chi connectivity index (χ1) is 6.62. The zero-order valence-corrected chi connectivity index (χ0v) is 8.83. The molecular formula is C12H17NO. The molecule has 1 fully saturated rings. The first kappa shape index (κ1) is 9.66. The van der Waals surface area contributed by atoms with Crippen LogP contribution in [0.4, 0.5) is 0 Å². The Kier molecular flexibility index (Phi) is 2.31. The molecule has 14 heavy (non-hydrogen) atoms. The van der Waals surface area contributed by atoms with Gasteiger partial charge in [0.1, 0.15) is 0 Å². The van der Waals surface area contributed by atoms with Crippen LogP contribution in [0.3, 0.4) is 0 Å². The lowest BCUT2D eigenvalue weighted by molar-refractivity contribution is -0.0406. The minimum absolute atomic E-state index is 0.422. The summed E-state index contributed by atoms with van der Waals surface area (Å²) < 4.78 is 0. The van der Waals surface area contributed by atoms with Crippen molar-refractivity contribution in [2.45, 2.75) is 38.7 Å². The summed E-state index contributed by atoms with van der Waals surface area (Å²) >= 11 is 0. The lowest BCUT2D eigenvalue weighted by Gasteiger charge is -2.39. The van der Waals surface area contributed by atoms with E-state index < -0.39 is 5.60 Å². The van der Waals surface area contributed by atoms with Crippen molar-refractivity contribution in [3.8, 4) is 0 Å². The number of aliphatic hydroxyl groups is 1. The molecule has 1 aliphatic carbocycles. The van der Waals surface area contributed by atoms with Gasteiger partial charge in [0.05, 0.1) is 5.60 Å². The molecule has 0 saturated heterocycles. The summed E-state index contributed by atoms with van der Waals surface area (Å²) in [6.45, 7) is 3.95. The van der Waals surface area contributed by atoms with Crippen molar-refractivity contribution in [3.05, 3.63) is 29.6 Å². The van der Waals surface area contributed by atoms with Crippen LogP contribution in [0.5, 0.6) is 0 Å². The molecule has 0 amide bonds. The van der Waals surface area contributed by atoms with Gasteiger partial charge in [-0.05, 0) is 44.2 Å². The van der Waals surface area contributed by atoms with Gasteiger partial charge in [0.15, 0.2) is 0 Å². The highest BCUT2D eigenvalue weighted by molar-refractivity contribution is 5.28. The number of aryl methyl sites for hydroxylation is 1. The maximum atomic E-state index is 10.4. The fourth-order valence-corrected chi connectivity index (χ4v) is 2.18. The third kappa shape index (κ3) is 1.44. The van der Waals surface area contributed by atoms with Crippen LogP contribution in [-0.4, -0.2) is 10.1 Å². The van der Waals surface area contributed by atoms with Crippen LogP contribution in [0, 0.1) is 12.8 Å². The zero-order valence-electron chi connectivity index (χ0n) is 8.83. The molecule has 1 unspecified atom stereocenters. The Balaban J connectivity index is 2.32. The van der Waals surface area contributed by atoms with E-state index in [0.29, 0.717) is 5.92 Å².